The molecule has 0 unspecified atom stereocenters. The quantitative estimate of drug-likeness (QED) is 0.915. The molecule has 1 aromatic carbocycles. The molecule has 1 aliphatic heterocycles. The third-order valence-corrected chi connectivity index (χ3v) is 4.42. The lowest BCUT2D eigenvalue weighted by atomic mass is 9.89. The minimum Gasteiger partial charge on any atom is -0.317 e. The molecule has 0 spiro atoms. The second-order valence-electron chi connectivity index (χ2n) is 5.50. The van der Waals surface area contributed by atoms with Crippen molar-refractivity contribution in [1.82, 2.24) is 15.1 Å². The number of aromatic nitrogens is 2. The molecule has 1 aliphatic rings. The molecule has 1 saturated heterocycles. The zero-order valence-corrected chi connectivity index (χ0v) is 12.7. The Hall–Kier alpha value is -1.32. The molecule has 0 aliphatic carbocycles. The van der Waals surface area contributed by atoms with Crippen LogP contribution in [-0.4, -0.2) is 22.9 Å². The number of hydrogen-bond donors (Lipinski definition) is 1. The molecule has 2 heterocycles. The van der Waals surface area contributed by atoms with Crippen LogP contribution in [0, 0.1) is 13.8 Å². The Bertz CT molecular complexity index is 595. The summed E-state index contributed by atoms with van der Waals surface area (Å²) in [6.45, 7) is 6.51. The van der Waals surface area contributed by atoms with E-state index in [1.54, 1.807) is 0 Å². The van der Waals surface area contributed by atoms with Crippen molar-refractivity contribution in [3.63, 3.8) is 0 Å². The van der Waals surface area contributed by atoms with E-state index in [1.165, 1.54) is 24.1 Å². The van der Waals surface area contributed by atoms with Crippen LogP contribution in [-0.2, 0) is 0 Å². The molecule has 0 atom stereocenters. The van der Waals surface area contributed by atoms with Crippen molar-refractivity contribution >= 4 is 11.6 Å². The molecular weight excluding hydrogens is 270 g/mol. The van der Waals surface area contributed by atoms with E-state index in [4.69, 9.17) is 16.7 Å². The summed E-state index contributed by atoms with van der Waals surface area (Å²) in [7, 11) is 0. The molecule has 1 fully saturated rings. The highest BCUT2D eigenvalue weighted by atomic mass is 35.5. The monoisotopic (exact) mass is 289 g/mol. The van der Waals surface area contributed by atoms with Crippen molar-refractivity contribution in [2.24, 2.45) is 0 Å². The minimum atomic E-state index is 0.636. The zero-order chi connectivity index (χ0) is 14.1. The molecule has 0 amide bonds. The van der Waals surface area contributed by atoms with Crippen LogP contribution in [0.4, 0.5) is 0 Å². The number of nitrogens with one attached hydrogen (secondary N) is 1. The van der Waals surface area contributed by atoms with Gasteiger partial charge in [-0.25, -0.2) is 4.68 Å². The smallest absolute Gasteiger partial charge is 0.0649 e. The number of piperidine rings is 1. The first-order chi connectivity index (χ1) is 9.66. The number of aryl methyl sites for hydroxylation is 1. The molecule has 4 heteroatoms. The van der Waals surface area contributed by atoms with Crippen molar-refractivity contribution in [2.45, 2.75) is 32.6 Å². The molecule has 2 aromatic rings. The highest BCUT2D eigenvalue weighted by Gasteiger charge is 2.23. The Kier molecular flexibility index (Phi) is 3.81. The van der Waals surface area contributed by atoms with Crippen LogP contribution in [0.1, 0.15) is 35.7 Å². The molecular formula is C16H20ClN3. The zero-order valence-electron chi connectivity index (χ0n) is 12.0. The van der Waals surface area contributed by atoms with Crippen LogP contribution in [0.25, 0.3) is 5.69 Å². The highest BCUT2D eigenvalue weighted by molar-refractivity contribution is 6.30. The maximum Gasteiger partial charge on any atom is 0.0649 e. The van der Waals surface area contributed by atoms with E-state index in [0.29, 0.717) is 5.92 Å². The van der Waals surface area contributed by atoms with Gasteiger partial charge >= 0.3 is 0 Å². The molecule has 1 aromatic heterocycles. The Morgan fingerprint density at radius 1 is 1.15 bits per heavy atom. The van der Waals surface area contributed by atoms with E-state index in [9.17, 15) is 0 Å². The van der Waals surface area contributed by atoms with Crippen molar-refractivity contribution in [3.8, 4) is 5.69 Å². The Labute approximate surface area is 124 Å². The number of rotatable bonds is 2. The summed E-state index contributed by atoms with van der Waals surface area (Å²) in [5.41, 5.74) is 4.93. The van der Waals surface area contributed by atoms with Gasteiger partial charge < -0.3 is 5.32 Å². The van der Waals surface area contributed by atoms with Gasteiger partial charge in [0.05, 0.1) is 11.4 Å². The summed E-state index contributed by atoms with van der Waals surface area (Å²) in [5, 5.41) is 8.92. The average Bonchev–Trinajstić information content (AvgIpc) is 2.76. The lowest BCUT2D eigenvalue weighted by Gasteiger charge is -2.23. The van der Waals surface area contributed by atoms with Crippen molar-refractivity contribution in [1.29, 1.82) is 0 Å². The third-order valence-electron chi connectivity index (χ3n) is 4.17. The molecule has 0 bridgehead atoms. The van der Waals surface area contributed by atoms with Gasteiger partial charge in [0.15, 0.2) is 0 Å². The molecule has 0 saturated carbocycles. The summed E-state index contributed by atoms with van der Waals surface area (Å²) < 4.78 is 2.04. The van der Waals surface area contributed by atoms with Crippen LogP contribution >= 0.6 is 11.6 Å². The van der Waals surface area contributed by atoms with Crippen LogP contribution in [0.2, 0.25) is 5.02 Å². The van der Waals surface area contributed by atoms with Crippen LogP contribution in [0.5, 0.6) is 0 Å². The van der Waals surface area contributed by atoms with Gasteiger partial charge in [-0.1, -0.05) is 11.6 Å². The molecule has 106 valence electrons. The molecule has 0 radical (unpaired) electrons. The van der Waals surface area contributed by atoms with Gasteiger partial charge in [-0.3, -0.25) is 0 Å². The summed E-state index contributed by atoms with van der Waals surface area (Å²) in [4.78, 5) is 0. The summed E-state index contributed by atoms with van der Waals surface area (Å²) in [6, 6.07) is 7.87. The number of benzene rings is 1. The number of hydrogen-bond acceptors (Lipinski definition) is 2. The Morgan fingerprint density at radius 3 is 2.45 bits per heavy atom. The number of halogens is 1. The average molecular weight is 290 g/mol. The van der Waals surface area contributed by atoms with E-state index in [1.807, 2.05) is 28.9 Å². The van der Waals surface area contributed by atoms with Crippen LogP contribution in [0.3, 0.4) is 0 Å². The maximum atomic E-state index is 5.96. The first-order valence-corrected chi connectivity index (χ1v) is 7.57. The van der Waals surface area contributed by atoms with Crippen LogP contribution < -0.4 is 5.32 Å². The summed E-state index contributed by atoms with van der Waals surface area (Å²) in [6.07, 6.45) is 2.40. The van der Waals surface area contributed by atoms with Gasteiger partial charge in [0, 0.05) is 10.7 Å². The maximum absolute atomic E-state index is 5.96. The highest BCUT2D eigenvalue weighted by Crippen LogP contribution is 2.31. The first-order valence-electron chi connectivity index (χ1n) is 7.19. The minimum absolute atomic E-state index is 0.636. The van der Waals surface area contributed by atoms with Gasteiger partial charge in [0.1, 0.15) is 0 Å². The number of nitrogens with zero attached hydrogens (tertiary/aromatic N) is 2. The normalized spacial score (nSPS) is 16.6. The first kappa shape index (κ1) is 13.7. The van der Waals surface area contributed by atoms with E-state index < -0.39 is 0 Å². The fourth-order valence-electron chi connectivity index (χ4n) is 3.19. The molecule has 3 rings (SSSR count). The van der Waals surface area contributed by atoms with Gasteiger partial charge in [0.2, 0.25) is 0 Å². The molecule has 20 heavy (non-hydrogen) atoms. The Balaban J connectivity index is 1.99. The fourth-order valence-corrected chi connectivity index (χ4v) is 3.32. The molecule has 3 nitrogen and oxygen atoms in total. The standard InChI is InChI=1S/C16H20ClN3/c1-11-16(13-7-9-18-10-8-13)12(2)20(19-11)15-5-3-14(17)4-6-15/h3-6,13,18H,7-10H2,1-2H3. The van der Waals surface area contributed by atoms with Crippen molar-refractivity contribution in [2.75, 3.05) is 13.1 Å². The van der Waals surface area contributed by atoms with E-state index in [0.717, 1.165) is 29.5 Å². The van der Waals surface area contributed by atoms with Gasteiger partial charge in [-0.05, 0) is 75.5 Å². The van der Waals surface area contributed by atoms with Gasteiger partial charge in [-0.15, -0.1) is 0 Å². The summed E-state index contributed by atoms with van der Waals surface area (Å²) in [5.74, 6) is 0.636. The molecule has 1 N–H and O–H groups in total. The topological polar surface area (TPSA) is 29.9 Å². The fraction of sp³-hybridized carbons (Fsp3) is 0.438. The largest absolute Gasteiger partial charge is 0.317 e. The van der Waals surface area contributed by atoms with E-state index >= 15 is 0 Å². The second kappa shape index (κ2) is 5.58. The van der Waals surface area contributed by atoms with Crippen molar-refractivity contribution < 1.29 is 0 Å². The predicted molar refractivity (Wildman–Crippen MR) is 82.9 cm³/mol. The van der Waals surface area contributed by atoms with Gasteiger partial charge in [-0.2, -0.15) is 5.10 Å². The summed E-state index contributed by atoms with van der Waals surface area (Å²) >= 11 is 5.96. The lowest BCUT2D eigenvalue weighted by molar-refractivity contribution is 0.458. The second-order valence-corrected chi connectivity index (χ2v) is 5.93. The van der Waals surface area contributed by atoms with Gasteiger partial charge in [0.25, 0.3) is 0 Å². The predicted octanol–water partition coefficient (Wildman–Crippen LogP) is 3.61. The van der Waals surface area contributed by atoms with Crippen LogP contribution in [0.15, 0.2) is 24.3 Å². The van der Waals surface area contributed by atoms with Crippen molar-refractivity contribution in [3.05, 3.63) is 46.2 Å². The van der Waals surface area contributed by atoms with E-state index in [2.05, 4.69) is 19.2 Å². The SMILES string of the molecule is Cc1nn(-c2ccc(Cl)cc2)c(C)c1C1CCNCC1. The Morgan fingerprint density at radius 2 is 1.80 bits per heavy atom. The lowest BCUT2D eigenvalue weighted by Crippen LogP contribution is -2.27. The third kappa shape index (κ3) is 2.48. The van der Waals surface area contributed by atoms with E-state index in [-0.39, 0.29) is 0 Å².